The predicted molar refractivity (Wildman–Crippen MR) is 74.5 cm³/mol. The maximum Gasteiger partial charge on any atom is 0.157 e. The van der Waals surface area contributed by atoms with E-state index in [0.717, 1.165) is 10.9 Å². The third kappa shape index (κ3) is 2.65. The summed E-state index contributed by atoms with van der Waals surface area (Å²) in [5.74, 6) is 1.08. The molecular formula is C14H18N2S. The molecule has 1 aliphatic carbocycles. The summed E-state index contributed by atoms with van der Waals surface area (Å²) in [6.07, 6.45) is 5.38. The van der Waals surface area contributed by atoms with Crippen molar-refractivity contribution in [3.8, 4) is 0 Å². The fourth-order valence-corrected chi connectivity index (χ4v) is 3.58. The number of rotatable bonds is 2. The van der Waals surface area contributed by atoms with E-state index in [4.69, 9.17) is 4.99 Å². The number of nitrogens with zero attached hydrogens (tertiary/aromatic N) is 1. The van der Waals surface area contributed by atoms with Crippen molar-refractivity contribution >= 4 is 16.9 Å². The second-order valence-corrected chi connectivity index (χ2v) is 5.81. The molecule has 1 heterocycles. The highest BCUT2D eigenvalue weighted by Gasteiger charge is 2.23. The molecule has 0 radical (unpaired) electrons. The highest BCUT2D eigenvalue weighted by Crippen LogP contribution is 2.30. The lowest BCUT2D eigenvalue weighted by atomic mass is 10.1. The number of thioether (sulfide) groups is 1. The van der Waals surface area contributed by atoms with E-state index < -0.39 is 0 Å². The normalized spacial score (nSPS) is 24.9. The van der Waals surface area contributed by atoms with Crippen molar-refractivity contribution in [1.29, 1.82) is 0 Å². The van der Waals surface area contributed by atoms with Crippen LogP contribution in [0.25, 0.3) is 0 Å². The first kappa shape index (κ1) is 11.1. The van der Waals surface area contributed by atoms with Gasteiger partial charge in [-0.2, -0.15) is 0 Å². The molecule has 0 spiro atoms. The van der Waals surface area contributed by atoms with Gasteiger partial charge in [0.05, 0.1) is 6.04 Å². The van der Waals surface area contributed by atoms with Crippen LogP contribution in [0.2, 0.25) is 0 Å². The molecule has 0 saturated heterocycles. The van der Waals surface area contributed by atoms with Gasteiger partial charge in [-0.3, -0.25) is 4.99 Å². The van der Waals surface area contributed by atoms with Crippen molar-refractivity contribution in [3.63, 3.8) is 0 Å². The van der Waals surface area contributed by atoms with Gasteiger partial charge >= 0.3 is 0 Å². The van der Waals surface area contributed by atoms with Crippen LogP contribution in [0.4, 0.5) is 0 Å². The molecule has 1 atom stereocenters. The van der Waals surface area contributed by atoms with Crippen LogP contribution in [0, 0.1) is 0 Å². The standard InChI is InChI=1S/C14H18N2S/c1-2-6-11(7-3-1)13-10-17-14(16-13)15-12-8-4-5-9-12/h1-3,6-7,12-13H,4-5,8-10H2,(H,15,16). The summed E-state index contributed by atoms with van der Waals surface area (Å²) in [6.45, 7) is 0. The van der Waals surface area contributed by atoms with E-state index in [-0.39, 0.29) is 0 Å². The second-order valence-electron chi connectivity index (χ2n) is 4.80. The summed E-state index contributed by atoms with van der Waals surface area (Å²) in [6, 6.07) is 11.6. The first-order valence-electron chi connectivity index (χ1n) is 6.44. The minimum Gasteiger partial charge on any atom is -0.362 e. The topological polar surface area (TPSA) is 24.4 Å². The van der Waals surface area contributed by atoms with Crippen molar-refractivity contribution in [1.82, 2.24) is 5.32 Å². The van der Waals surface area contributed by atoms with E-state index in [1.54, 1.807) is 0 Å². The largest absolute Gasteiger partial charge is 0.362 e. The number of benzene rings is 1. The Morgan fingerprint density at radius 2 is 1.88 bits per heavy atom. The van der Waals surface area contributed by atoms with Crippen molar-refractivity contribution in [2.24, 2.45) is 4.99 Å². The van der Waals surface area contributed by atoms with Gasteiger partial charge in [0.15, 0.2) is 5.17 Å². The van der Waals surface area contributed by atoms with Crippen LogP contribution in [-0.4, -0.2) is 17.0 Å². The van der Waals surface area contributed by atoms with Gasteiger partial charge in [-0.05, 0) is 18.4 Å². The van der Waals surface area contributed by atoms with Crippen LogP contribution in [0.3, 0.4) is 0 Å². The molecule has 1 N–H and O–H groups in total. The van der Waals surface area contributed by atoms with Crippen LogP contribution >= 0.6 is 11.8 Å². The summed E-state index contributed by atoms with van der Waals surface area (Å²) in [5.41, 5.74) is 1.34. The first-order valence-corrected chi connectivity index (χ1v) is 7.42. The van der Waals surface area contributed by atoms with Crippen LogP contribution in [0.1, 0.15) is 37.3 Å². The van der Waals surface area contributed by atoms with Gasteiger partial charge in [0, 0.05) is 11.8 Å². The van der Waals surface area contributed by atoms with Gasteiger partial charge < -0.3 is 5.32 Å². The van der Waals surface area contributed by atoms with Crippen LogP contribution in [0.5, 0.6) is 0 Å². The van der Waals surface area contributed by atoms with Gasteiger partial charge in [0.2, 0.25) is 0 Å². The number of hydrogen-bond donors (Lipinski definition) is 1. The molecule has 0 aromatic heterocycles. The van der Waals surface area contributed by atoms with Gasteiger partial charge in [-0.25, -0.2) is 0 Å². The molecule has 1 aromatic rings. The molecule has 1 aromatic carbocycles. The Morgan fingerprint density at radius 1 is 1.12 bits per heavy atom. The Hall–Kier alpha value is -0.960. The Morgan fingerprint density at radius 3 is 2.65 bits per heavy atom. The quantitative estimate of drug-likeness (QED) is 0.865. The van der Waals surface area contributed by atoms with Crippen LogP contribution < -0.4 is 5.32 Å². The number of amidine groups is 1. The van der Waals surface area contributed by atoms with E-state index >= 15 is 0 Å². The Bertz CT molecular complexity index is 396. The van der Waals surface area contributed by atoms with Gasteiger partial charge in [0.1, 0.15) is 0 Å². The number of hydrogen-bond acceptors (Lipinski definition) is 3. The van der Waals surface area contributed by atoms with Gasteiger partial charge in [-0.15, -0.1) is 0 Å². The van der Waals surface area contributed by atoms with Crippen LogP contribution in [0.15, 0.2) is 35.3 Å². The van der Waals surface area contributed by atoms with E-state index in [2.05, 4.69) is 35.6 Å². The maximum absolute atomic E-state index is 4.79. The first-order chi connectivity index (χ1) is 8.42. The van der Waals surface area contributed by atoms with Gasteiger partial charge in [0.25, 0.3) is 0 Å². The molecule has 2 nitrogen and oxygen atoms in total. The maximum atomic E-state index is 4.79. The number of aliphatic imine (C=N–C) groups is 1. The van der Waals surface area contributed by atoms with Crippen molar-refractivity contribution < 1.29 is 0 Å². The fraction of sp³-hybridized carbons (Fsp3) is 0.500. The average Bonchev–Trinajstić information content (AvgIpc) is 3.02. The molecule has 0 bridgehead atoms. The molecular weight excluding hydrogens is 228 g/mol. The van der Waals surface area contributed by atoms with E-state index in [0.29, 0.717) is 12.1 Å². The summed E-state index contributed by atoms with van der Waals surface area (Å²) < 4.78 is 0. The zero-order valence-electron chi connectivity index (χ0n) is 9.93. The molecule has 1 aliphatic heterocycles. The smallest absolute Gasteiger partial charge is 0.157 e. The molecule has 17 heavy (non-hydrogen) atoms. The monoisotopic (exact) mass is 246 g/mol. The second kappa shape index (κ2) is 5.13. The molecule has 90 valence electrons. The van der Waals surface area contributed by atoms with Crippen molar-refractivity contribution in [2.45, 2.75) is 37.8 Å². The summed E-state index contributed by atoms with van der Waals surface area (Å²) in [7, 11) is 0. The highest BCUT2D eigenvalue weighted by atomic mass is 32.2. The van der Waals surface area contributed by atoms with Gasteiger partial charge in [-0.1, -0.05) is 54.9 Å². The summed E-state index contributed by atoms with van der Waals surface area (Å²) in [5, 5.41) is 4.75. The third-order valence-electron chi connectivity index (χ3n) is 3.52. The SMILES string of the molecule is c1ccc(C2CSC(NC3CCCC3)=N2)cc1. The Balaban J connectivity index is 1.64. The van der Waals surface area contributed by atoms with Crippen molar-refractivity contribution in [3.05, 3.63) is 35.9 Å². The molecule has 3 heteroatoms. The third-order valence-corrected chi connectivity index (χ3v) is 4.50. The summed E-state index contributed by atoms with van der Waals surface area (Å²) >= 11 is 1.87. The lowest BCUT2D eigenvalue weighted by Gasteiger charge is -2.11. The van der Waals surface area contributed by atoms with E-state index in [1.807, 2.05) is 11.8 Å². The van der Waals surface area contributed by atoms with Crippen LogP contribution in [-0.2, 0) is 0 Å². The zero-order valence-corrected chi connectivity index (χ0v) is 10.7. The molecule has 1 fully saturated rings. The molecule has 1 saturated carbocycles. The highest BCUT2D eigenvalue weighted by molar-refractivity contribution is 8.14. The summed E-state index contributed by atoms with van der Waals surface area (Å²) in [4.78, 5) is 4.79. The average molecular weight is 246 g/mol. The molecule has 2 aliphatic rings. The molecule has 1 unspecified atom stereocenters. The van der Waals surface area contributed by atoms with E-state index in [9.17, 15) is 0 Å². The number of nitrogens with one attached hydrogen (secondary N) is 1. The Kier molecular flexibility index (Phi) is 3.36. The Labute approximate surface area is 107 Å². The lowest BCUT2D eigenvalue weighted by molar-refractivity contribution is 0.633. The molecule has 3 rings (SSSR count). The lowest BCUT2D eigenvalue weighted by Crippen LogP contribution is -2.29. The predicted octanol–water partition coefficient (Wildman–Crippen LogP) is 3.36. The fourth-order valence-electron chi connectivity index (χ4n) is 2.54. The zero-order chi connectivity index (χ0) is 11.5. The molecule has 0 amide bonds. The van der Waals surface area contributed by atoms with E-state index in [1.165, 1.54) is 31.2 Å². The minimum atomic E-state index is 0.352. The minimum absolute atomic E-state index is 0.352. The van der Waals surface area contributed by atoms with Crippen molar-refractivity contribution in [2.75, 3.05) is 5.75 Å².